The Bertz CT molecular complexity index is 727. The van der Waals surface area contributed by atoms with Gasteiger partial charge in [-0.1, -0.05) is 16.8 Å². The first kappa shape index (κ1) is 17.0. The number of esters is 1. The van der Waals surface area contributed by atoms with Crippen LogP contribution in [0.4, 0.5) is 0 Å². The SMILES string of the molecule is COC(=O)c1ccc(Cl)c(Cc2noc(C(=O)NC(C)C)n2)c1. The van der Waals surface area contributed by atoms with Crippen LogP contribution in [-0.4, -0.2) is 35.2 Å². The summed E-state index contributed by atoms with van der Waals surface area (Å²) in [5.41, 5.74) is 0.999. The van der Waals surface area contributed by atoms with Gasteiger partial charge in [-0.15, -0.1) is 0 Å². The second-order valence-corrected chi connectivity index (χ2v) is 5.53. The highest BCUT2D eigenvalue weighted by molar-refractivity contribution is 6.31. The van der Waals surface area contributed by atoms with E-state index in [1.807, 2.05) is 13.8 Å². The van der Waals surface area contributed by atoms with Gasteiger partial charge in [0, 0.05) is 17.5 Å². The van der Waals surface area contributed by atoms with Crippen LogP contribution in [0.3, 0.4) is 0 Å². The molecule has 0 saturated carbocycles. The zero-order valence-corrected chi connectivity index (χ0v) is 13.7. The average molecular weight is 338 g/mol. The molecule has 0 spiro atoms. The summed E-state index contributed by atoms with van der Waals surface area (Å²) in [6.45, 7) is 3.65. The molecule has 1 aromatic carbocycles. The number of carbonyl (C=O) groups excluding carboxylic acids is 2. The molecule has 0 bridgehead atoms. The van der Waals surface area contributed by atoms with E-state index in [2.05, 4.69) is 20.2 Å². The number of nitrogens with zero attached hydrogens (tertiary/aromatic N) is 2. The molecule has 0 fully saturated rings. The van der Waals surface area contributed by atoms with Gasteiger partial charge < -0.3 is 14.6 Å². The van der Waals surface area contributed by atoms with E-state index in [4.69, 9.17) is 16.1 Å². The van der Waals surface area contributed by atoms with E-state index in [9.17, 15) is 9.59 Å². The molecule has 122 valence electrons. The molecule has 0 radical (unpaired) electrons. The quantitative estimate of drug-likeness (QED) is 0.841. The van der Waals surface area contributed by atoms with Crippen LogP contribution in [0, 0.1) is 0 Å². The fraction of sp³-hybridized carbons (Fsp3) is 0.333. The van der Waals surface area contributed by atoms with Crippen LogP contribution in [0.25, 0.3) is 0 Å². The molecule has 0 aliphatic carbocycles. The molecule has 8 heteroatoms. The number of hydrogen-bond donors (Lipinski definition) is 1. The summed E-state index contributed by atoms with van der Waals surface area (Å²) >= 11 is 6.11. The second-order valence-electron chi connectivity index (χ2n) is 5.12. The number of hydrogen-bond acceptors (Lipinski definition) is 6. The van der Waals surface area contributed by atoms with Crippen molar-refractivity contribution in [2.45, 2.75) is 26.3 Å². The Kier molecular flexibility index (Phi) is 5.33. The fourth-order valence-corrected chi connectivity index (χ4v) is 2.05. The van der Waals surface area contributed by atoms with Crippen LogP contribution >= 0.6 is 11.6 Å². The molecule has 2 rings (SSSR count). The molecular weight excluding hydrogens is 322 g/mol. The standard InChI is InChI=1S/C15H16ClN3O4/c1-8(2)17-13(20)14-18-12(19-23-14)7-10-6-9(15(21)22-3)4-5-11(10)16/h4-6,8H,7H2,1-3H3,(H,17,20). The molecule has 1 aromatic heterocycles. The third-order valence-corrected chi connectivity index (χ3v) is 3.27. The second kappa shape index (κ2) is 7.23. The summed E-state index contributed by atoms with van der Waals surface area (Å²) in [5, 5.41) is 6.86. The number of ether oxygens (including phenoxy) is 1. The van der Waals surface area contributed by atoms with Crippen LogP contribution in [0.1, 0.15) is 46.3 Å². The predicted molar refractivity (Wildman–Crippen MR) is 82.5 cm³/mol. The first-order chi connectivity index (χ1) is 10.9. The van der Waals surface area contributed by atoms with Crippen molar-refractivity contribution in [3.05, 3.63) is 46.1 Å². The number of carbonyl (C=O) groups is 2. The molecule has 0 unspecified atom stereocenters. The highest BCUT2D eigenvalue weighted by atomic mass is 35.5. The van der Waals surface area contributed by atoms with Gasteiger partial charge in [0.05, 0.1) is 12.7 Å². The van der Waals surface area contributed by atoms with Crippen LogP contribution in [0.2, 0.25) is 5.02 Å². The number of benzene rings is 1. The van der Waals surface area contributed by atoms with Crippen molar-refractivity contribution in [2.24, 2.45) is 0 Å². The lowest BCUT2D eigenvalue weighted by molar-refractivity contribution is 0.0600. The lowest BCUT2D eigenvalue weighted by atomic mass is 10.1. The number of halogens is 1. The maximum absolute atomic E-state index is 11.8. The normalized spacial score (nSPS) is 10.7. The van der Waals surface area contributed by atoms with Crippen molar-refractivity contribution in [2.75, 3.05) is 7.11 Å². The number of rotatable bonds is 5. The summed E-state index contributed by atoms with van der Waals surface area (Å²) in [7, 11) is 1.30. The minimum absolute atomic E-state index is 0.0379. The Morgan fingerprint density at radius 2 is 2.13 bits per heavy atom. The molecule has 7 nitrogen and oxygen atoms in total. The van der Waals surface area contributed by atoms with Gasteiger partial charge in [-0.25, -0.2) is 4.79 Å². The van der Waals surface area contributed by atoms with Gasteiger partial charge in [-0.2, -0.15) is 4.98 Å². The Morgan fingerprint density at radius 1 is 1.39 bits per heavy atom. The zero-order chi connectivity index (χ0) is 17.0. The first-order valence-electron chi connectivity index (χ1n) is 6.91. The van der Waals surface area contributed by atoms with Gasteiger partial charge in [0.1, 0.15) is 0 Å². The first-order valence-corrected chi connectivity index (χ1v) is 7.28. The molecular formula is C15H16ClN3O4. The van der Waals surface area contributed by atoms with Crippen molar-refractivity contribution in [1.29, 1.82) is 0 Å². The average Bonchev–Trinajstić information content (AvgIpc) is 2.96. The topological polar surface area (TPSA) is 94.3 Å². The Hall–Kier alpha value is -2.41. The fourth-order valence-electron chi connectivity index (χ4n) is 1.87. The van der Waals surface area contributed by atoms with Crippen molar-refractivity contribution in [3.63, 3.8) is 0 Å². The summed E-state index contributed by atoms with van der Waals surface area (Å²) in [6.07, 6.45) is 0.224. The Morgan fingerprint density at radius 3 is 2.78 bits per heavy atom. The number of methoxy groups -OCH3 is 1. The van der Waals surface area contributed by atoms with Crippen molar-refractivity contribution in [1.82, 2.24) is 15.5 Å². The smallest absolute Gasteiger partial charge is 0.337 e. The molecule has 1 heterocycles. The third-order valence-electron chi connectivity index (χ3n) is 2.90. The molecule has 23 heavy (non-hydrogen) atoms. The number of aromatic nitrogens is 2. The van der Waals surface area contributed by atoms with Crippen LogP contribution in [-0.2, 0) is 11.2 Å². The number of amides is 1. The molecule has 2 aromatic rings. The largest absolute Gasteiger partial charge is 0.465 e. The van der Waals surface area contributed by atoms with Crippen LogP contribution in [0.5, 0.6) is 0 Å². The van der Waals surface area contributed by atoms with E-state index in [1.165, 1.54) is 7.11 Å². The van der Waals surface area contributed by atoms with Gasteiger partial charge in [0.25, 0.3) is 0 Å². The van der Waals surface area contributed by atoms with Crippen molar-refractivity contribution < 1.29 is 18.8 Å². The highest BCUT2D eigenvalue weighted by Gasteiger charge is 2.17. The maximum Gasteiger partial charge on any atom is 0.337 e. The molecule has 0 aliphatic rings. The summed E-state index contributed by atoms with van der Waals surface area (Å²) < 4.78 is 9.60. The van der Waals surface area contributed by atoms with Crippen molar-refractivity contribution >= 4 is 23.5 Å². The maximum atomic E-state index is 11.8. The van der Waals surface area contributed by atoms with E-state index >= 15 is 0 Å². The van der Waals surface area contributed by atoms with Gasteiger partial charge in [0.2, 0.25) is 0 Å². The van der Waals surface area contributed by atoms with Crippen molar-refractivity contribution in [3.8, 4) is 0 Å². The summed E-state index contributed by atoms with van der Waals surface area (Å²) in [6, 6.07) is 4.72. The molecule has 0 atom stereocenters. The third kappa shape index (κ3) is 4.29. The van der Waals surface area contributed by atoms with Gasteiger partial charge in [-0.3, -0.25) is 4.79 Å². The van der Waals surface area contributed by atoms with Crippen LogP contribution in [0.15, 0.2) is 22.7 Å². The van der Waals surface area contributed by atoms with E-state index in [0.29, 0.717) is 22.0 Å². The zero-order valence-electron chi connectivity index (χ0n) is 12.9. The predicted octanol–water partition coefficient (Wildman–Crippen LogP) is 2.24. The molecule has 1 N–H and O–H groups in total. The molecule has 1 amide bonds. The Balaban J connectivity index is 2.18. The van der Waals surface area contributed by atoms with E-state index in [-0.39, 0.29) is 18.4 Å². The van der Waals surface area contributed by atoms with E-state index in [0.717, 1.165) is 0 Å². The molecule has 0 saturated heterocycles. The van der Waals surface area contributed by atoms with E-state index in [1.54, 1.807) is 18.2 Å². The van der Waals surface area contributed by atoms with E-state index < -0.39 is 11.9 Å². The summed E-state index contributed by atoms with van der Waals surface area (Å²) in [4.78, 5) is 27.4. The van der Waals surface area contributed by atoms with Crippen LogP contribution < -0.4 is 5.32 Å². The lowest BCUT2D eigenvalue weighted by Crippen LogP contribution is -2.30. The summed E-state index contributed by atoms with van der Waals surface area (Å²) in [5.74, 6) is -0.724. The minimum Gasteiger partial charge on any atom is -0.465 e. The molecule has 0 aliphatic heterocycles. The Labute approximate surface area is 138 Å². The minimum atomic E-state index is -0.465. The van der Waals surface area contributed by atoms with Gasteiger partial charge in [-0.05, 0) is 37.6 Å². The lowest BCUT2D eigenvalue weighted by Gasteiger charge is -2.05. The van der Waals surface area contributed by atoms with Gasteiger partial charge >= 0.3 is 17.8 Å². The number of nitrogens with one attached hydrogen (secondary N) is 1. The van der Waals surface area contributed by atoms with Gasteiger partial charge in [0.15, 0.2) is 5.82 Å². The highest BCUT2D eigenvalue weighted by Crippen LogP contribution is 2.20. The monoisotopic (exact) mass is 337 g/mol.